The lowest BCUT2D eigenvalue weighted by molar-refractivity contribution is 1.29. The van der Waals surface area contributed by atoms with Crippen LogP contribution in [0, 0.1) is 0 Å². The van der Waals surface area contributed by atoms with Gasteiger partial charge in [0.2, 0.25) is 0 Å². The van der Waals surface area contributed by atoms with Gasteiger partial charge in [0.25, 0.3) is 0 Å². The average Bonchev–Trinajstić information content (AvgIpc) is 3.12. The maximum absolute atomic E-state index is 5.03. The first kappa shape index (κ1) is 25.8. The van der Waals surface area contributed by atoms with Gasteiger partial charge in [0, 0.05) is 22.5 Å². The number of nitrogens with zero attached hydrogens (tertiary/aromatic N) is 2. The molecule has 0 aliphatic carbocycles. The van der Waals surface area contributed by atoms with Crippen molar-refractivity contribution in [2.24, 2.45) is 0 Å². The molecule has 0 spiro atoms. The van der Waals surface area contributed by atoms with Gasteiger partial charge in [-0.25, -0.2) is 4.98 Å². The van der Waals surface area contributed by atoms with Gasteiger partial charge in [0.05, 0.1) is 16.9 Å². The smallest absolute Gasteiger partial charge is 0.0972 e. The zero-order valence-corrected chi connectivity index (χ0v) is 24.1. The zero-order chi connectivity index (χ0) is 29.3. The Morgan fingerprint density at radius 3 is 1.45 bits per heavy atom. The van der Waals surface area contributed by atoms with E-state index >= 15 is 0 Å². The van der Waals surface area contributed by atoms with Crippen molar-refractivity contribution < 1.29 is 0 Å². The van der Waals surface area contributed by atoms with E-state index in [2.05, 4.69) is 158 Å². The Hall–Kier alpha value is -5.86. The van der Waals surface area contributed by atoms with Crippen LogP contribution in [0.2, 0.25) is 0 Å². The molecule has 206 valence electrons. The summed E-state index contributed by atoms with van der Waals surface area (Å²) in [6.07, 6.45) is 1.97. The second kappa shape index (κ2) is 11.1. The number of fused-ring (bicyclic) bond motifs is 3. The molecule has 0 unspecified atom stereocenters. The maximum Gasteiger partial charge on any atom is 0.0972 e. The first-order valence-electron chi connectivity index (χ1n) is 14.9. The molecule has 6 aromatic carbocycles. The van der Waals surface area contributed by atoms with E-state index in [0.29, 0.717) is 0 Å². The summed E-state index contributed by atoms with van der Waals surface area (Å²) in [7, 11) is 0. The number of hydrogen-bond donors (Lipinski definition) is 0. The minimum Gasteiger partial charge on any atom is -0.254 e. The quantitative estimate of drug-likeness (QED) is 0.196. The molecule has 0 bridgehead atoms. The van der Waals surface area contributed by atoms with E-state index in [1.807, 2.05) is 12.3 Å². The maximum atomic E-state index is 5.03. The zero-order valence-electron chi connectivity index (χ0n) is 24.1. The summed E-state index contributed by atoms with van der Waals surface area (Å²) in [5, 5.41) is 3.47. The van der Waals surface area contributed by atoms with Crippen LogP contribution < -0.4 is 0 Å². The summed E-state index contributed by atoms with van der Waals surface area (Å²) in [6.45, 7) is 0. The Morgan fingerprint density at radius 1 is 0.318 bits per heavy atom. The lowest BCUT2D eigenvalue weighted by Crippen LogP contribution is -1.92. The van der Waals surface area contributed by atoms with Crippen LogP contribution in [-0.4, -0.2) is 9.97 Å². The Morgan fingerprint density at radius 2 is 0.818 bits per heavy atom. The third-order valence-electron chi connectivity index (χ3n) is 8.29. The van der Waals surface area contributed by atoms with Crippen molar-refractivity contribution in [2.45, 2.75) is 0 Å². The Bertz CT molecular complexity index is 2200. The van der Waals surface area contributed by atoms with Gasteiger partial charge in [0.1, 0.15) is 0 Å². The predicted molar refractivity (Wildman–Crippen MR) is 184 cm³/mol. The van der Waals surface area contributed by atoms with E-state index in [1.165, 1.54) is 38.8 Å². The lowest BCUT2D eigenvalue weighted by atomic mass is 9.92. The van der Waals surface area contributed by atoms with Gasteiger partial charge in [-0.2, -0.15) is 0 Å². The SMILES string of the molecule is c1ccc(-c2cc(-c3ccccc3)cc(-c3cccc(-c4ccc(-c5nc6ccccc6c6ccccc56)nc4)c3)c2)cc1. The summed E-state index contributed by atoms with van der Waals surface area (Å²) < 4.78 is 0. The predicted octanol–water partition coefficient (Wildman–Crippen LogP) is 11.1. The van der Waals surface area contributed by atoms with Gasteiger partial charge in [-0.15, -0.1) is 0 Å². The van der Waals surface area contributed by atoms with Crippen LogP contribution in [0.3, 0.4) is 0 Å². The van der Waals surface area contributed by atoms with Crippen LogP contribution in [0.25, 0.3) is 77.6 Å². The molecule has 2 nitrogen and oxygen atoms in total. The minimum absolute atomic E-state index is 0.870. The van der Waals surface area contributed by atoms with Crippen molar-refractivity contribution in [1.29, 1.82) is 0 Å². The van der Waals surface area contributed by atoms with E-state index in [0.717, 1.165) is 38.8 Å². The van der Waals surface area contributed by atoms with E-state index in [-0.39, 0.29) is 0 Å². The van der Waals surface area contributed by atoms with Gasteiger partial charge in [-0.3, -0.25) is 4.98 Å². The van der Waals surface area contributed by atoms with Crippen LogP contribution in [0.4, 0.5) is 0 Å². The van der Waals surface area contributed by atoms with E-state index in [1.54, 1.807) is 0 Å². The summed E-state index contributed by atoms with van der Waals surface area (Å²) in [5.41, 5.74) is 12.1. The number of rotatable bonds is 5. The van der Waals surface area contributed by atoms with E-state index in [4.69, 9.17) is 9.97 Å². The molecule has 44 heavy (non-hydrogen) atoms. The molecule has 2 heterocycles. The van der Waals surface area contributed by atoms with Crippen molar-refractivity contribution in [3.8, 4) is 55.9 Å². The van der Waals surface area contributed by atoms with Crippen molar-refractivity contribution >= 4 is 21.7 Å². The topological polar surface area (TPSA) is 25.8 Å². The summed E-state index contributed by atoms with van der Waals surface area (Å²) in [4.78, 5) is 9.96. The molecule has 2 heteroatoms. The largest absolute Gasteiger partial charge is 0.254 e. The number of aromatic nitrogens is 2. The molecule has 0 amide bonds. The fraction of sp³-hybridized carbons (Fsp3) is 0. The lowest BCUT2D eigenvalue weighted by Gasteiger charge is -2.13. The Kier molecular flexibility index (Phi) is 6.51. The molecule has 0 aliphatic rings. The second-order valence-corrected chi connectivity index (χ2v) is 11.1. The molecule has 0 saturated heterocycles. The molecule has 2 aromatic heterocycles. The monoisotopic (exact) mass is 560 g/mol. The van der Waals surface area contributed by atoms with Crippen molar-refractivity contribution in [3.05, 3.63) is 170 Å². The molecule has 0 radical (unpaired) electrons. The standard InChI is InChI=1S/C42H28N2/c1-3-12-29(13-4-1)34-25-35(30-14-5-2-6-15-30)27-36(26-34)32-17-11-16-31(24-32)33-22-23-41(43-28-33)42-39-20-8-7-18-37(39)38-19-9-10-21-40(38)44-42/h1-28H. The molecule has 0 fully saturated rings. The van der Waals surface area contributed by atoms with Crippen LogP contribution in [0.1, 0.15) is 0 Å². The summed E-state index contributed by atoms with van der Waals surface area (Å²) in [6, 6.07) is 57.8. The molecule has 8 aromatic rings. The average molecular weight is 561 g/mol. The Balaban J connectivity index is 1.19. The third kappa shape index (κ3) is 4.83. The second-order valence-electron chi connectivity index (χ2n) is 11.1. The number of para-hydroxylation sites is 1. The molecule has 0 saturated carbocycles. The summed E-state index contributed by atoms with van der Waals surface area (Å²) in [5.74, 6) is 0. The van der Waals surface area contributed by atoms with Crippen LogP contribution in [0.15, 0.2) is 170 Å². The van der Waals surface area contributed by atoms with Crippen LogP contribution >= 0.6 is 0 Å². The highest BCUT2D eigenvalue weighted by Crippen LogP contribution is 2.35. The van der Waals surface area contributed by atoms with E-state index < -0.39 is 0 Å². The number of benzene rings is 6. The Labute approximate surface area is 257 Å². The van der Waals surface area contributed by atoms with Crippen molar-refractivity contribution in [3.63, 3.8) is 0 Å². The molecule has 0 aliphatic heterocycles. The summed E-state index contributed by atoms with van der Waals surface area (Å²) >= 11 is 0. The fourth-order valence-corrected chi connectivity index (χ4v) is 6.07. The normalized spacial score (nSPS) is 11.2. The fourth-order valence-electron chi connectivity index (χ4n) is 6.07. The molecular weight excluding hydrogens is 532 g/mol. The third-order valence-corrected chi connectivity index (χ3v) is 8.29. The molecule has 8 rings (SSSR count). The number of pyridine rings is 2. The van der Waals surface area contributed by atoms with Crippen LogP contribution in [0.5, 0.6) is 0 Å². The van der Waals surface area contributed by atoms with Gasteiger partial charge < -0.3 is 0 Å². The number of hydrogen-bond acceptors (Lipinski definition) is 2. The highest BCUT2D eigenvalue weighted by molar-refractivity contribution is 6.10. The van der Waals surface area contributed by atoms with Crippen molar-refractivity contribution in [2.75, 3.05) is 0 Å². The molecule has 0 atom stereocenters. The first-order valence-corrected chi connectivity index (χ1v) is 14.9. The first-order chi connectivity index (χ1) is 21.8. The highest BCUT2D eigenvalue weighted by atomic mass is 14.8. The van der Waals surface area contributed by atoms with Gasteiger partial charge in [0.15, 0.2) is 0 Å². The molecular formula is C42H28N2. The van der Waals surface area contributed by atoms with Gasteiger partial charge >= 0.3 is 0 Å². The highest BCUT2D eigenvalue weighted by Gasteiger charge is 2.12. The molecule has 0 N–H and O–H groups in total. The van der Waals surface area contributed by atoms with Crippen molar-refractivity contribution in [1.82, 2.24) is 9.97 Å². The van der Waals surface area contributed by atoms with E-state index in [9.17, 15) is 0 Å². The van der Waals surface area contributed by atoms with Gasteiger partial charge in [-0.1, -0.05) is 127 Å². The van der Waals surface area contributed by atoms with Gasteiger partial charge in [-0.05, 0) is 80.7 Å². The van der Waals surface area contributed by atoms with Crippen LogP contribution in [-0.2, 0) is 0 Å². The minimum atomic E-state index is 0.870.